The monoisotopic (exact) mass is 349 g/mol. The van der Waals surface area contributed by atoms with Crippen molar-refractivity contribution in [2.24, 2.45) is 0 Å². The first kappa shape index (κ1) is 15.3. The summed E-state index contributed by atoms with van der Waals surface area (Å²) in [6.45, 7) is 1.85. The molecule has 3 rings (SSSR count). The van der Waals surface area contributed by atoms with Crippen molar-refractivity contribution >= 4 is 40.5 Å². The number of thioether (sulfide) groups is 1. The average Bonchev–Trinajstić information content (AvgIpc) is 3.18. The van der Waals surface area contributed by atoms with E-state index >= 15 is 0 Å². The van der Waals surface area contributed by atoms with Crippen LogP contribution in [0.1, 0.15) is 17.3 Å². The van der Waals surface area contributed by atoms with Gasteiger partial charge < -0.3 is 0 Å². The molecule has 0 amide bonds. The summed E-state index contributed by atoms with van der Waals surface area (Å²) in [4.78, 5) is 17.8. The lowest BCUT2D eigenvalue weighted by Crippen LogP contribution is -2.13. The van der Waals surface area contributed by atoms with E-state index in [2.05, 4.69) is 15.2 Å². The Balaban J connectivity index is 1.70. The highest BCUT2D eigenvalue weighted by molar-refractivity contribution is 8.00. The molecule has 112 valence electrons. The number of benzene rings is 1. The molecular weight excluding hydrogens is 338 g/mol. The molecule has 0 spiro atoms. The van der Waals surface area contributed by atoms with Gasteiger partial charge in [-0.2, -0.15) is 0 Å². The number of hydrogen-bond acceptors (Lipinski definition) is 5. The van der Waals surface area contributed by atoms with Crippen molar-refractivity contribution in [3.05, 3.63) is 52.4 Å². The number of H-pyrrole nitrogens is 1. The highest BCUT2D eigenvalue weighted by Gasteiger charge is 2.19. The number of halogens is 1. The van der Waals surface area contributed by atoms with Crippen molar-refractivity contribution < 1.29 is 4.79 Å². The van der Waals surface area contributed by atoms with Gasteiger partial charge in [-0.15, -0.1) is 16.4 Å². The predicted molar refractivity (Wildman–Crippen MR) is 90.8 cm³/mol. The minimum Gasteiger partial charge on any atom is -0.293 e. The van der Waals surface area contributed by atoms with E-state index in [1.54, 1.807) is 35.6 Å². The number of hydrogen-bond donors (Lipinski definition) is 1. The first-order valence-corrected chi connectivity index (χ1v) is 8.70. The predicted octanol–water partition coefficient (Wildman–Crippen LogP) is 4.55. The summed E-state index contributed by atoms with van der Waals surface area (Å²) in [6.07, 6.45) is 0. The molecule has 3 aromatic rings. The maximum absolute atomic E-state index is 12.4. The van der Waals surface area contributed by atoms with Gasteiger partial charge >= 0.3 is 0 Å². The third kappa shape index (κ3) is 3.40. The van der Waals surface area contributed by atoms with Crippen LogP contribution >= 0.6 is 34.7 Å². The van der Waals surface area contributed by atoms with E-state index in [9.17, 15) is 4.79 Å². The topological polar surface area (TPSA) is 58.6 Å². The Kier molecular flexibility index (Phi) is 4.61. The van der Waals surface area contributed by atoms with Gasteiger partial charge in [0.2, 0.25) is 5.16 Å². The third-order valence-electron chi connectivity index (χ3n) is 3.00. The van der Waals surface area contributed by atoms with E-state index in [1.165, 1.54) is 11.8 Å². The molecule has 0 saturated heterocycles. The maximum Gasteiger partial charge on any atom is 0.209 e. The van der Waals surface area contributed by atoms with Gasteiger partial charge in [-0.25, -0.2) is 4.98 Å². The van der Waals surface area contributed by atoms with E-state index in [4.69, 9.17) is 11.6 Å². The highest BCUT2D eigenvalue weighted by Crippen LogP contribution is 2.26. The van der Waals surface area contributed by atoms with Gasteiger partial charge in [0.1, 0.15) is 0 Å². The lowest BCUT2D eigenvalue weighted by Gasteiger charge is -2.07. The van der Waals surface area contributed by atoms with Crippen LogP contribution in [0, 0.1) is 0 Å². The van der Waals surface area contributed by atoms with Crippen LogP contribution in [0.2, 0.25) is 5.02 Å². The molecule has 7 heteroatoms. The Morgan fingerprint density at radius 1 is 1.32 bits per heavy atom. The number of ketones is 1. The van der Waals surface area contributed by atoms with Crippen molar-refractivity contribution in [2.45, 2.75) is 17.3 Å². The van der Waals surface area contributed by atoms with Gasteiger partial charge in [0.25, 0.3) is 0 Å². The molecular formula is C15H12ClN3OS2. The minimum atomic E-state index is -0.270. The van der Waals surface area contributed by atoms with Crippen LogP contribution in [0.25, 0.3) is 10.7 Å². The van der Waals surface area contributed by atoms with Crippen LogP contribution in [0.5, 0.6) is 0 Å². The van der Waals surface area contributed by atoms with E-state index in [1.807, 2.05) is 24.4 Å². The summed E-state index contributed by atoms with van der Waals surface area (Å²) >= 11 is 8.77. The van der Waals surface area contributed by atoms with Crippen LogP contribution < -0.4 is 0 Å². The Labute approximate surface area is 140 Å². The molecule has 1 unspecified atom stereocenters. The van der Waals surface area contributed by atoms with Crippen LogP contribution in [-0.4, -0.2) is 26.2 Å². The SMILES string of the molecule is CC(Sc1n[nH]c(-c2cccs2)n1)C(=O)c1ccc(Cl)cc1. The summed E-state index contributed by atoms with van der Waals surface area (Å²) in [5, 5.41) is 9.96. The Morgan fingerprint density at radius 3 is 2.77 bits per heavy atom. The molecule has 4 nitrogen and oxygen atoms in total. The van der Waals surface area contributed by atoms with Gasteiger partial charge in [-0.3, -0.25) is 9.89 Å². The summed E-state index contributed by atoms with van der Waals surface area (Å²) in [5.41, 5.74) is 0.637. The fourth-order valence-corrected chi connectivity index (χ4v) is 3.47. The second-order valence-corrected chi connectivity index (χ2v) is 7.27. The molecule has 0 saturated carbocycles. The number of aromatic nitrogens is 3. The van der Waals surface area contributed by atoms with E-state index in [0.717, 1.165) is 10.7 Å². The number of thiophene rings is 1. The smallest absolute Gasteiger partial charge is 0.209 e. The molecule has 0 bridgehead atoms. The number of nitrogens with zero attached hydrogens (tertiary/aromatic N) is 2. The van der Waals surface area contributed by atoms with E-state index in [-0.39, 0.29) is 11.0 Å². The zero-order valence-corrected chi connectivity index (χ0v) is 14.0. The van der Waals surface area contributed by atoms with Gasteiger partial charge in [-0.1, -0.05) is 29.4 Å². The Hall–Kier alpha value is -1.63. The zero-order chi connectivity index (χ0) is 15.5. The molecule has 1 N–H and O–H groups in total. The largest absolute Gasteiger partial charge is 0.293 e. The Morgan fingerprint density at radius 2 is 2.09 bits per heavy atom. The van der Waals surface area contributed by atoms with Gasteiger partial charge in [0.15, 0.2) is 11.6 Å². The summed E-state index contributed by atoms with van der Waals surface area (Å²) in [5.74, 6) is 0.757. The van der Waals surface area contributed by atoms with Crippen molar-refractivity contribution in [1.82, 2.24) is 15.2 Å². The zero-order valence-electron chi connectivity index (χ0n) is 11.6. The average molecular weight is 350 g/mol. The van der Waals surface area contributed by atoms with Crippen LogP contribution in [-0.2, 0) is 0 Å². The highest BCUT2D eigenvalue weighted by atomic mass is 35.5. The standard InChI is InChI=1S/C15H12ClN3OS2/c1-9(13(20)10-4-6-11(16)7-5-10)22-15-17-14(18-19-15)12-3-2-8-21-12/h2-9H,1H3,(H,17,18,19). The minimum absolute atomic E-state index is 0.0316. The van der Waals surface area contributed by atoms with E-state index in [0.29, 0.717) is 15.7 Å². The molecule has 0 fully saturated rings. The first-order valence-electron chi connectivity index (χ1n) is 6.56. The van der Waals surface area contributed by atoms with Crippen LogP contribution in [0.4, 0.5) is 0 Å². The van der Waals surface area contributed by atoms with Crippen molar-refractivity contribution in [1.29, 1.82) is 0 Å². The van der Waals surface area contributed by atoms with Gasteiger partial charge in [0.05, 0.1) is 10.1 Å². The lowest BCUT2D eigenvalue weighted by molar-refractivity contribution is 0.0994. The quantitative estimate of drug-likeness (QED) is 0.542. The molecule has 1 atom stereocenters. The maximum atomic E-state index is 12.4. The van der Waals surface area contributed by atoms with Crippen molar-refractivity contribution in [3.63, 3.8) is 0 Å². The molecule has 0 aliphatic carbocycles. The molecule has 0 aliphatic rings. The number of Topliss-reactive ketones (excluding diaryl/α,β-unsaturated/α-hetero) is 1. The second kappa shape index (κ2) is 6.64. The molecule has 0 radical (unpaired) electrons. The van der Waals surface area contributed by atoms with Crippen molar-refractivity contribution in [2.75, 3.05) is 0 Å². The summed E-state index contributed by atoms with van der Waals surface area (Å²) in [6, 6.07) is 10.8. The number of nitrogens with one attached hydrogen (secondary N) is 1. The number of carbonyl (C=O) groups is 1. The Bertz CT molecular complexity index is 768. The molecule has 0 aliphatic heterocycles. The number of carbonyl (C=O) groups excluding carboxylic acids is 1. The van der Waals surface area contributed by atoms with Crippen LogP contribution in [0.3, 0.4) is 0 Å². The van der Waals surface area contributed by atoms with Crippen molar-refractivity contribution in [3.8, 4) is 10.7 Å². The first-order chi connectivity index (χ1) is 10.6. The fourth-order valence-electron chi connectivity index (χ4n) is 1.88. The molecule has 1 aromatic carbocycles. The summed E-state index contributed by atoms with van der Waals surface area (Å²) < 4.78 is 0. The number of aromatic amines is 1. The molecule has 2 aromatic heterocycles. The lowest BCUT2D eigenvalue weighted by atomic mass is 10.1. The van der Waals surface area contributed by atoms with E-state index < -0.39 is 0 Å². The number of rotatable bonds is 5. The van der Waals surface area contributed by atoms with Gasteiger partial charge in [-0.05, 0) is 42.6 Å². The second-order valence-electron chi connectivity index (χ2n) is 4.58. The third-order valence-corrected chi connectivity index (χ3v) is 5.09. The normalized spacial score (nSPS) is 12.3. The fraction of sp³-hybridized carbons (Fsp3) is 0.133. The van der Waals surface area contributed by atoms with Crippen LogP contribution in [0.15, 0.2) is 46.9 Å². The summed E-state index contributed by atoms with van der Waals surface area (Å²) in [7, 11) is 0. The molecule has 22 heavy (non-hydrogen) atoms. The van der Waals surface area contributed by atoms with Gasteiger partial charge in [0, 0.05) is 10.6 Å². The molecule has 2 heterocycles.